The van der Waals surface area contributed by atoms with Gasteiger partial charge >= 0.3 is 0 Å². The van der Waals surface area contributed by atoms with Crippen LogP contribution < -0.4 is 10.0 Å². The number of sulfonamides is 1. The van der Waals surface area contributed by atoms with Gasteiger partial charge in [0, 0.05) is 11.4 Å². The van der Waals surface area contributed by atoms with Gasteiger partial charge in [-0.15, -0.1) is 0 Å². The van der Waals surface area contributed by atoms with E-state index in [9.17, 15) is 17.6 Å². The Labute approximate surface area is 151 Å². The Balaban J connectivity index is 1.69. The van der Waals surface area contributed by atoms with Gasteiger partial charge in [0.25, 0.3) is 10.0 Å². The first-order chi connectivity index (χ1) is 12.3. The van der Waals surface area contributed by atoms with Gasteiger partial charge in [0.15, 0.2) is 0 Å². The van der Waals surface area contributed by atoms with E-state index >= 15 is 0 Å². The summed E-state index contributed by atoms with van der Waals surface area (Å²) in [7, 11) is -3.84. The Morgan fingerprint density at radius 2 is 1.85 bits per heavy atom. The van der Waals surface area contributed by atoms with E-state index in [4.69, 9.17) is 0 Å². The highest BCUT2D eigenvalue weighted by Gasteiger charge is 2.48. The van der Waals surface area contributed by atoms with Gasteiger partial charge in [-0.2, -0.15) is 0 Å². The van der Waals surface area contributed by atoms with Gasteiger partial charge in [0.1, 0.15) is 5.82 Å². The molecule has 0 aromatic heterocycles. The average molecular weight is 374 g/mol. The Kier molecular flexibility index (Phi) is 3.80. The third-order valence-electron chi connectivity index (χ3n) is 5.37. The zero-order chi connectivity index (χ0) is 18.5. The van der Waals surface area contributed by atoms with E-state index < -0.39 is 21.3 Å². The van der Waals surface area contributed by atoms with Crippen LogP contribution in [-0.4, -0.2) is 14.3 Å². The van der Waals surface area contributed by atoms with Crippen molar-refractivity contribution in [2.45, 2.75) is 42.9 Å². The molecule has 2 aromatic carbocycles. The molecule has 1 aliphatic carbocycles. The summed E-state index contributed by atoms with van der Waals surface area (Å²) in [4.78, 5) is 12.5. The van der Waals surface area contributed by atoms with Gasteiger partial charge < -0.3 is 5.32 Å². The van der Waals surface area contributed by atoms with Crippen molar-refractivity contribution >= 4 is 27.3 Å². The van der Waals surface area contributed by atoms with Gasteiger partial charge in [-0.05, 0) is 67.3 Å². The molecule has 7 heteroatoms. The van der Waals surface area contributed by atoms with Crippen LogP contribution in [0.15, 0.2) is 41.3 Å². The molecule has 26 heavy (non-hydrogen) atoms. The fourth-order valence-corrected chi connectivity index (χ4v) is 5.08. The summed E-state index contributed by atoms with van der Waals surface area (Å²) >= 11 is 0. The van der Waals surface area contributed by atoms with Crippen molar-refractivity contribution in [2.75, 3.05) is 10.0 Å². The van der Waals surface area contributed by atoms with Crippen LogP contribution in [0.1, 0.15) is 36.8 Å². The SMILES string of the molecule is Cc1cc(S(=O)(=O)Nc2ccc3c(c2)C2(CCCC2)C(=O)N3)ccc1F. The first-order valence-electron chi connectivity index (χ1n) is 8.57. The van der Waals surface area contributed by atoms with Crippen LogP contribution in [-0.2, 0) is 20.2 Å². The molecule has 1 saturated carbocycles. The fourth-order valence-electron chi connectivity index (χ4n) is 3.95. The number of anilines is 2. The molecule has 0 saturated heterocycles. The number of fused-ring (bicyclic) bond motifs is 2. The quantitative estimate of drug-likeness (QED) is 0.860. The Hall–Kier alpha value is -2.41. The molecule has 0 radical (unpaired) electrons. The van der Waals surface area contributed by atoms with Crippen molar-refractivity contribution in [3.63, 3.8) is 0 Å². The van der Waals surface area contributed by atoms with Gasteiger partial charge in [-0.1, -0.05) is 12.8 Å². The number of carbonyl (C=O) groups excluding carboxylic acids is 1. The number of benzene rings is 2. The summed E-state index contributed by atoms with van der Waals surface area (Å²) in [6, 6.07) is 8.78. The molecule has 0 unspecified atom stereocenters. The number of halogens is 1. The molecule has 2 aliphatic rings. The zero-order valence-electron chi connectivity index (χ0n) is 14.3. The average Bonchev–Trinajstić information content (AvgIpc) is 3.18. The molecule has 2 N–H and O–H groups in total. The first-order valence-corrected chi connectivity index (χ1v) is 10.1. The van der Waals surface area contributed by atoms with Crippen LogP contribution in [0.4, 0.5) is 15.8 Å². The van der Waals surface area contributed by atoms with E-state index in [1.165, 1.54) is 19.1 Å². The summed E-state index contributed by atoms with van der Waals surface area (Å²) in [5, 5.41) is 2.91. The number of rotatable bonds is 3. The maximum absolute atomic E-state index is 13.4. The van der Waals surface area contributed by atoms with Crippen molar-refractivity contribution in [1.29, 1.82) is 0 Å². The van der Waals surface area contributed by atoms with E-state index in [0.29, 0.717) is 5.69 Å². The summed E-state index contributed by atoms with van der Waals surface area (Å²) in [5.41, 5.74) is 1.73. The van der Waals surface area contributed by atoms with E-state index in [0.717, 1.165) is 43.0 Å². The van der Waals surface area contributed by atoms with Crippen LogP contribution in [0.2, 0.25) is 0 Å². The van der Waals surface area contributed by atoms with Crippen molar-refractivity contribution in [1.82, 2.24) is 0 Å². The van der Waals surface area contributed by atoms with E-state index in [1.54, 1.807) is 18.2 Å². The third kappa shape index (κ3) is 2.58. The van der Waals surface area contributed by atoms with E-state index in [-0.39, 0.29) is 16.4 Å². The zero-order valence-corrected chi connectivity index (χ0v) is 15.1. The summed E-state index contributed by atoms with van der Waals surface area (Å²) in [5.74, 6) is -0.451. The lowest BCUT2D eigenvalue weighted by molar-refractivity contribution is -0.120. The fraction of sp³-hybridized carbons (Fsp3) is 0.316. The molecule has 1 amide bonds. The van der Waals surface area contributed by atoms with Gasteiger partial charge in [-0.25, -0.2) is 12.8 Å². The Bertz CT molecular complexity index is 1010. The molecular weight excluding hydrogens is 355 g/mol. The van der Waals surface area contributed by atoms with Crippen LogP contribution in [0, 0.1) is 12.7 Å². The molecule has 1 heterocycles. The lowest BCUT2D eigenvalue weighted by Crippen LogP contribution is -2.31. The number of aryl methyl sites for hydroxylation is 1. The van der Waals surface area contributed by atoms with Crippen LogP contribution in [0.3, 0.4) is 0 Å². The number of nitrogens with one attached hydrogen (secondary N) is 2. The van der Waals surface area contributed by atoms with Crippen LogP contribution >= 0.6 is 0 Å². The second-order valence-electron chi connectivity index (χ2n) is 7.02. The lowest BCUT2D eigenvalue weighted by Gasteiger charge is -2.21. The topological polar surface area (TPSA) is 75.3 Å². The number of hydrogen-bond donors (Lipinski definition) is 2. The highest BCUT2D eigenvalue weighted by atomic mass is 32.2. The minimum absolute atomic E-state index is 0.000772. The van der Waals surface area contributed by atoms with Crippen molar-refractivity contribution in [2.24, 2.45) is 0 Å². The minimum atomic E-state index is -3.84. The predicted octanol–water partition coefficient (Wildman–Crippen LogP) is 3.70. The predicted molar refractivity (Wildman–Crippen MR) is 97.2 cm³/mol. The highest BCUT2D eigenvalue weighted by Crippen LogP contribution is 2.49. The van der Waals surface area contributed by atoms with Gasteiger partial charge in [0.05, 0.1) is 10.3 Å². The maximum atomic E-state index is 13.4. The van der Waals surface area contributed by atoms with Crippen molar-refractivity contribution < 1.29 is 17.6 Å². The largest absolute Gasteiger partial charge is 0.325 e. The number of amides is 1. The molecule has 136 valence electrons. The summed E-state index contributed by atoms with van der Waals surface area (Å²) in [6.07, 6.45) is 3.52. The smallest absolute Gasteiger partial charge is 0.261 e. The van der Waals surface area contributed by atoms with E-state index in [1.807, 2.05) is 0 Å². The van der Waals surface area contributed by atoms with Crippen LogP contribution in [0.25, 0.3) is 0 Å². The van der Waals surface area contributed by atoms with Crippen LogP contribution in [0.5, 0.6) is 0 Å². The first kappa shape index (κ1) is 17.0. The monoisotopic (exact) mass is 374 g/mol. The molecule has 1 fully saturated rings. The molecule has 2 aromatic rings. The third-order valence-corrected chi connectivity index (χ3v) is 6.75. The van der Waals surface area contributed by atoms with Crippen molar-refractivity contribution in [3.8, 4) is 0 Å². The molecular formula is C19H19FN2O3S. The Morgan fingerprint density at radius 1 is 1.12 bits per heavy atom. The molecule has 5 nitrogen and oxygen atoms in total. The number of carbonyl (C=O) groups is 1. The molecule has 0 atom stereocenters. The maximum Gasteiger partial charge on any atom is 0.261 e. The molecule has 4 rings (SSSR count). The summed E-state index contributed by atoms with van der Waals surface area (Å²) in [6.45, 7) is 1.52. The van der Waals surface area contributed by atoms with Crippen molar-refractivity contribution in [3.05, 3.63) is 53.3 Å². The van der Waals surface area contributed by atoms with E-state index in [2.05, 4.69) is 10.0 Å². The normalized spacial score (nSPS) is 18.0. The standard InChI is InChI=1S/C19H19FN2O3S/c1-12-10-14(5-6-16(12)20)26(24,25)22-13-4-7-17-15(11-13)19(18(23)21-17)8-2-3-9-19/h4-7,10-11,22H,2-3,8-9H2,1H3,(H,21,23). The summed E-state index contributed by atoms with van der Waals surface area (Å²) < 4.78 is 41.2. The molecule has 0 bridgehead atoms. The second kappa shape index (κ2) is 5.81. The number of hydrogen-bond acceptors (Lipinski definition) is 3. The minimum Gasteiger partial charge on any atom is -0.325 e. The molecule has 1 spiro atoms. The van der Waals surface area contributed by atoms with Gasteiger partial charge in [0.2, 0.25) is 5.91 Å². The lowest BCUT2D eigenvalue weighted by atomic mass is 9.80. The highest BCUT2D eigenvalue weighted by molar-refractivity contribution is 7.92. The van der Waals surface area contributed by atoms with Gasteiger partial charge in [-0.3, -0.25) is 9.52 Å². The Morgan fingerprint density at radius 3 is 2.54 bits per heavy atom. The molecule has 1 aliphatic heterocycles. The second-order valence-corrected chi connectivity index (χ2v) is 8.70.